The molecule has 2 amide bonds. The number of amides is 2. The van der Waals surface area contributed by atoms with Crippen LogP contribution in [0.3, 0.4) is 0 Å². The van der Waals surface area contributed by atoms with Crippen molar-refractivity contribution in [3.8, 4) is 0 Å². The molecule has 2 aliphatic heterocycles. The van der Waals surface area contributed by atoms with Crippen LogP contribution in [0.2, 0.25) is 0 Å². The van der Waals surface area contributed by atoms with Crippen molar-refractivity contribution >= 4 is 12.0 Å². The van der Waals surface area contributed by atoms with Crippen molar-refractivity contribution in [3.05, 3.63) is 11.6 Å². The number of urea groups is 1. The minimum atomic E-state index is -0.679. The molecule has 9 atom stereocenters. The zero-order valence-corrected chi connectivity index (χ0v) is 23.2. The maximum absolute atomic E-state index is 12.6. The van der Waals surface area contributed by atoms with Gasteiger partial charge in [0.05, 0.1) is 11.7 Å². The zero-order chi connectivity index (χ0) is 26.7. The van der Waals surface area contributed by atoms with Gasteiger partial charge in [0, 0.05) is 43.7 Å². The number of rotatable bonds is 5. The van der Waals surface area contributed by atoms with E-state index in [0.29, 0.717) is 37.5 Å². The fourth-order valence-electron chi connectivity index (χ4n) is 10.1. The Morgan fingerprint density at radius 3 is 2.68 bits per heavy atom. The van der Waals surface area contributed by atoms with Crippen LogP contribution in [0.1, 0.15) is 78.1 Å². The first-order valence-electron chi connectivity index (χ1n) is 15.2. The smallest absolute Gasteiger partial charge is 0.331 e. The van der Waals surface area contributed by atoms with Gasteiger partial charge in [0.25, 0.3) is 0 Å². The summed E-state index contributed by atoms with van der Waals surface area (Å²) >= 11 is 0. The number of hydrogen-bond acceptors (Lipinski definition) is 6. The SMILES string of the molecule is C[C@]12CC[C@H](NC(=O)NCCN3CC[C@@H](O)C3)C[C@H]1CC[C@@H]1[C@@H]2CC[C@]2(C)[C@@H](C3=CC(=O)OC3)CC[C@]12O. The number of aliphatic hydroxyl groups excluding tert-OH is 1. The van der Waals surface area contributed by atoms with E-state index in [1.165, 1.54) is 0 Å². The number of carbonyl (C=O) groups excluding carboxylic acids is 2. The van der Waals surface area contributed by atoms with Crippen LogP contribution in [-0.4, -0.2) is 77.6 Å². The summed E-state index contributed by atoms with van der Waals surface area (Å²) in [6, 6.07) is 0.133. The molecule has 4 aliphatic carbocycles. The summed E-state index contributed by atoms with van der Waals surface area (Å²) in [4.78, 5) is 26.6. The van der Waals surface area contributed by atoms with Gasteiger partial charge in [-0.2, -0.15) is 0 Å². The lowest BCUT2D eigenvalue weighted by molar-refractivity contribution is -0.204. The van der Waals surface area contributed by atoms with Gasteiger partial charge in [0.15, 0.2) is 0 Å². The van der Waals surface area contributed by atoms with Gasteiger partial charge < -0.3 is 25.6 Å². The van der Waals surface area contributed by atoms with Crippen LogP contribution in [0.25, 0.3) is 0 Å². The highest BCUT2D eigenvalue weighted by Crippen LogP contribution is 2.69. The van der Waals surface area contributed by atoms with Crippen LogP contribution in [0, 0.1) is 34.5 Å². The van der Waals surface area contributed by atoms with Crippen molar-refractivity contribution in [2.75, 3.05) is 32.8 Å². The van der Waals surface area contributed by atoms with Gasteiger partial charge in [-0.05, 0) is 98.9 Å². The highest BCUT2D eigenvalue weighted by Gasteiger charge is 2.67. The molecule has 0 radical (unpaired) electrons. The predicted molar refractivity (Wildman–Crippen MR) is 143 cm³/mol. The molecule has 0 aromatic heterocycles. The first-order valence-corrected chi connectivity index (χ1v) is 15.2. The number of cyclic esters (lactones) is 1. The van der Waals surface area contributed by atoms with Crippen LogP contribution in [0.4, 0.5) is 4.79 Å². The first kappa shape index (κ1) is 26.6. The summed E-state index contributed by atoms with van der Waals surface area (Å²) in [6.07, 6.45) is 11.5. The first-order chi connectivity index (χ1) is 18.1. The fourth-order valence-corrected chi connectivity index (χ4v) is 10.1. The third-order valence-corrected chi connectivity index (χ3v) is 12.3. The van der Waals surface area contributed by atoms with Gasteiger partial charge in [-0.15, -0.1) is 0 Å². The molecule has 4 saturated carbocycles. The van der Waals surface area contributed by atoms with Crippen LogP contribution in [0.5, 0.6) is 0 Å². The Morgan fingerprint density at radius 2 is 1.95 bits per heavy atom. The van der Waals surface area contributed by atoms with E-state index in [-0.39, 0.29) is 40.9 Å². The molecular weight excluding hydrogens is 482 g/mol. The molecule has 0 aromatic carbocycles. The Balaban J connectivity index is 1.06. The Hall–Kier alpha value is -1.64. The van der Waals surface area contributed by atoms with Crippen molar-refractivity contribution < 1.29 is 24.5 Å². The monoisotopic (exact) mass is 529 g/mol. The number of β-amino-alcohol motifs (C(OH)–C–C–N with tert-alkyl or cyclic N) is 1. The average Bonchev–Trinajstić information content (AvgIpc) is 3.56. The lowest BCUT2D eigenvalue weighted by Gasteiger charge is -2.63. The molecule has 1 saturated heterocycles. The number of aliphatic hydroxyl groups is 2. The van der Waals surface area contributed by atoms with Gasteiger partial charge in [0.2, 0.25) is 0 Å². The third kappa shape index (κ3) is 4.29. The number of esters is 1. The molecule has 4 N–H and O–H groups in total. The largest absolute Gasteiger partial charge is 0.458 e. The highest BCUT2D eigenvalue weighted by atomic mass is 16.5. The molecule has 0 bridgehead atoms. The normalized spacial score (nSPS) is 46.5. The minimum Gasteiger partial charge on any atom is -0.458 e. The summed E-state index contributed by atoms with van der Waals surface area (Å²) in [5.41, 5.74) is 0.423. The lowest BCUT2D eigenvalue weighted by Crippen LogP contribution is -2.63. The van der Waals surface area contributed by atoms with Crippen molar-refractivity contribution in [1.29, 1.82) is 0 Å². The standard InChI is InChI=1S/C30H47N3O5/c1-28-9-5-21(32-27(36)31-12-14-33-13-8-22(34)17-33)16-20(28)3-4-25-24(28)6-10-29(2)23(7-11-30(25,29)37)19-15-26(35)38-18-19/h15,20-25,34,37H,3-14,16-18H2,1-2H3,(H2,31,32,36)/t20-,21+,22-,23-,24+,25-,28+,29-,30+/m1/s1. The van der Waals surface area contributed by atoms with Crippen molar-refractivity contribution in [3.63, 3.8) is 0 Å². The van der Waals surface area contributed by atoms with E-state index < -0.39 is 5.60 Å². The molecule has 0 spiro atoms. The van der Waals surface area contributed by atoms with Gasteiger partial charge in [-0.3, -0.25) is 4.90 Å². The van der Waals surface area contributed by atoms with E-state index in [1.54, 1.807) is 6.08 Å². The third-order valence-electron chi connectivity index (χ3n) is 12.3. The van der Waals surface area contributed by atoms with Gasteiger partial charge >= 0.3 is 12.0 Å². The van der Waals surface area contributed by atoms with E-state index in [2.05, 4.69) is 29.4 Å². The van der Waals surface area contributed by atoms with Crippen molar-refractivity contribution in [2.24, 2.45) is 34.5 Å². The van der Waals surface area contributed by atoms with E-state index in [9.17, 15) is 19.8 Å². The molecule has 0 aromatic rings. The van der Waals surface area contributed by atoms with E-state index in [1.807, 2.05) is 0 Å². The van der Waals surface area contributed by atoms with E-state index in [4.69, 9.17) is 4.74 Å². The zero-order valence-electron chi connectivity index (χ0n) is 23.2. The predicted octanol–water partition coefficient (Wildman–Crippen LogP) is 2.98. The number of carbonyl (C=O) groups is 2. The van der Waals surface area contributed by atoms with Gasteiger partial charge in [0.1, 0.15) is 6.61 Å². The molecule has 6 aliphatic rings. The quantitative estimate of drug-likeness (QED) is 0.408. The number of fused-ring (bicyclic) bond motifs is 5. The maximum atomic E-state index is 12.6. The number of hydrogen-bond donors (Lipinski definition) is 4. The van der Waals surface area contributed by atoms with Crippen LogP contribution < -0.4 is 10.6 Å². The molecule has 0 unspecified atom stereocenters. The Labute approximate surface area is 226 Å². The van der Waals surface area contributed by atoms with Gasteiger partial charge in [-0.25, -0.2) is 9.59 Å². The molecule has 8 heteroatoms. The summed E-state index contributed by atoms with van der Waals surface area (Å²) in [6.45, 7) is 8.13. The van der Waals surface area contributed by atoms with Crippen molar-refractivity contribution in [2.45, 2.75) is 95.8 Å². The summed E-state index contributed by atoms with van der Waals surface area (Å²) in [5.74, 6) is 1.40. The van der Waals surface area contributed by atoms with Gasteiger partial charge in [-0.1, -0.05) is 13.8 Å². The van der Waals surface area contributed by atoms with E-state index in [0.717, 1.165) is 82.9 Å². The maximum Gasteiger partial charge on any atom is 0.331 e. The Bertz CT molecular complexity index is 987. The molecular formula is C30H47N3O5. The number of ether oxygens (including phenoxy) is 1. The number of likely N-dealkylation sites (tertiary alicyclic amines) is 1. The second kappa shape index (κ2) is 9.77. The second-order valence-electron chi connectivity index (χ2n) is 13.9. The lowest BCUT2D eigenvalue weighted by atomic mass is 9.43. The number of nitrogens with zero attached hydrogens (tertiary/aromatic N) is 1. The molecule has 38 heavy (non-hydrogen) atoms. The summed E-state index contributed by atoms with van der Waals surface area (Å²) in [5, 5.41) is 28.3. The highest BCUT2D eigenvalue weighted by molar-refractivity contribution is 5.85. The average molecular weight is 530 g/mol. The molecule has 5 fully saturated rings. The Morgan fingerprint density at radius 1 is 1.11 bits per heavy atom. The molecule has 6 rings (SSSR count). The van der Waals surface area contributed by atoms with Crippen molar-refractivity contribution in [1.82, 2.24) is 15.5 Å². The summed E-state index contributed by atoms with van der Waals surface area (Å²) < 4.78 is 5.26. The topological polar surface area (TPSA) is 111 Å². The second-order valence-corrected chi connectivity index (χ2v) is 13.9. The fraction of sp³-hybridized carbons (Fsp3) is 0.867. The number of nitrogens with one attached hydrogen (secondary N) is 2. The van der Waals surface area contributed by atoms with Crippen LogP contribution >= 0.6 is 0 Å². The molecule has 8 nitrogen and oxygen atoms in total. The minimum absolute atomic E-state index is 0.0737. The Kier molecular flexibility index (Phi) is 6.83. The van der Waals surface area contributed by atoms with Crippen LogP contribution in [-0.2, 0) is 9.53 Å². The molecule has 212 valence electrons. The van der Waals surface area contributed by atoms with Crippen LogP contribution in [0.15, 0.2) is 11.6 Å². The summed E-state index contributed by atoms with van der Waals surface area (Å²) in [7, 11) is 0. The van der Waals surface area contributed by atoms with E-state index >= 15 is 0 Å². The molecule has 2 heterocycles.